The van der Waals surface area contributed by atoms with Gasteiger partial charge in [0.15, 0.2) is 0 Å². The molecule has 1 aliphatic heterocycles. The van der Waals surface area contributed by atoms with Crippen LogP contribution in [0.25, 0.3) is 0 Å². The number of cyclic esters (lactones) is 1. The Balaban J connectivity index is 2.27. The highest BCUT2D eigenvalue weighted by Gasteiger charge is 2.16. The Hall–Kier alpha value is -0.550. The summed E-state index contributed by atoms with van der Waals surface area (Å²) >= 11 is 6.53. The van der Waals surface area contributed by atoms with Gasteiger partial charge in [-0.1, -0.05) is 24.0 Å². The van der Waals surface area contributed by atoms with E-state index >= 15 is 0 Å². The highest BCUT2D eigenvalue weighted by molar-refractivity contribution is 8.23. The quantitative estimate of drug-likeness (QED) is 0.588. The normalized spacial score (nSPS) is 15.4. The molecule has 0 fully saturated rings. The molecule has 0 spiro atoms. The van der Waals surface area contributed by atoms with Gasteiger partial charge in [-0.05, 0) is 19.9 Å². The highest BCUT2D eigenvalue weighted by atomic mass is 32.2. The SMILES string of the molecule is CC(C)NC(=S)SCC1=CCOC1=O. The van der Waals surface area contributed by atoms with E-state index in [2.05, 4.69) is 5.32 Å². The van der Waals surface area contributed by atoms with Gasteiger partial charge in [0.25, 0.3) is 0 Å². The van der Waals surface area contributed by atoms with Crippen molar-refractivity contribution >= 4 is 34.3 Å². The maximum atomic E-state index is 11.0. The van der Waals surface area contributed by atoms with E-state index in [9.17, 15) is 4.79 Å². The van der Waals surface area contributed by atoms with Crippen LogP contribution in [-0.4, -0.2) is 28.7 Å². The van der Waals surface area contributed by atoms with Crippen LogP contribution in [0.15, 0.2) is 11.6 Å². The summed E-state index contributed by atoms with van der Waals surface area (Å²) in [4.78, 5) is 11.0. The Bertz CT molecular complexity index is 274. The molecule has 5 heteroatoms. The van der Waals surface area contributed by atoms with E-state index in [1.807, 2.05) is 13.8 Å². The molecule has 0 aromatic carbocycles. The van der Waals surface area contributed by atoms with Crippen molar-refractivity contribution in [3.05, 3.63) is 11.6 Å². The van der Waals surface area contributed by atoms with E-state index in [1.54, 1.807) is 6.08 Å². The maximum Gasteiger partial charge on any atom is 0.334 e. The van der Waals surface area contributed by atoms with Crippen LogP contribution in [0.2, 0.25) is 0 Å². The van der Waals surface area contributed by atoms with E-state index < -0.39 is 0 Å². The lowest BCUT2D eigenvalue weighted by atomic mass is 10.3. The molecule has 0 amide bonds. The standard InChI is InChI=1S/C9H13NO2S2/c1-6(2)10-9(13)14-5-7-3-4-12-8(7)11/h3,6H,4-5H2,1-2H3,(H,10,13). The lowest BCUT2D eigenvalue weighted by Gasteiger charge is -2.09. The van der Waals surface area contributed by atoms with Gasteiger partial charge >= 0.3 is 5.97 Å². The number of rotatable bonds is 3. The Morgan fingerprint density at radius 1 is 1.79 bits per heavy atom. The molecule has 0 saturated carbocycles. The number of thiocarbonyl (C=S) groups is 1. The van der Waals surface area contributed by atoms with E-state index in [0.29, 0.717) is 24.0 Å². The smallest absolute Gasteiger partial charge is 0.334 e. The van der Waals surface area contributed by atoms with Gasteiger partial charge in [-0.2, -0.15) is 0 Å². The molecule has 3 nitrogen and oxygen atoms in total. The van der Waals surface area contributed by atoms with Crippen molar-refractivity contribution in [3.8, 4) is 0 Å². The van der Waals surface area contributed by atoms with E-state index in [-0.39, 0.29) is 5.97 Å². The molecule has 0 aliphatic carbocycles. The van der Waals surface area contributed by atoms with Gasteiger partial charge in [0.1, 0.15) is 10.9 Å². The molecule has 1 rings (SSSR count). The number of ether oxygens (including phenoxy) is 1. The summed E-state index contributed by atoms with van der Waals surface area (Å²) in [5, 5.41) is 3.10. The number of carbonyl (C=O) groups excluding carboxylic acids is 1. The fourth-order valence-electron chi connectivity index (χ4n) is 0.932. The molecule has 0 saturated heterocycles. The lowest BCUT2D eigenvalue weighted by Crippen LogP contribution is -2.26. The second kappa shape index (κ2) is 5.36. The number of hydrogen-bond acceptors (Lipinski definition) is 4. The van der Waals surface area contributed by atoms with Crippen LogP contribution in [-0.2, 0) is 9.53 Å². The first-order valence-electron chi connectivity index (χ1n) is 4.39. The van der Waals surface area contributed by atoms with Crippen molar-refractivity contribution in [3.63, 3.8) is 0 Å². The highest BCUT2D eigenvalue weighted by Crippen LogP contribution is 2.14. The summed E-state index contributed by atoms with van der Waals surface area (Å²) in [6.07, 6.45) is 1.80. The first kappa shape index (κ1) is 11.5. The van der Waals surface area contributed by atoms with Gasteiger partial charge in [0.05, 0.1) is 0 Å². The molecule has 0 aromatic heterocycles. The fourth-order valence-corrected chi connectivity index (χ4v) is 2.19. The summed E-state index contributed by atoms with van der Waals surface area (Å²) in [5.41, 5.74) is 0.711. The van der Waals surface area contributed by atoms with Crippen molar-refractivity contribution < 1.29 is 9.53 Å². The van der Waals surface area contributed by atoms with Gasteiger partial charge in [-0.15, -0.1) is 0 Å². The topological polar surface area (TPSA) is 38.3 Å². The maximum absolute atomic E-state index is 11.0. The van der Waals surface area contributed by atoms with Crippen molar-refractivity contribution in [1.82, 2.24) is 5.32 Å². The van der Waals surface area contributed by atoms with Crippen molar-refractivity contribution in [1.29, 1.82) is 0 Å². The Morgan fingerprint density at radius 2 is 2.50 bits per heavy atom. The molecule has 1 aliphatic rings. The number of nitrogens with one attached hydrogen (secondary N) is 1. The molecule has 0 aromatic rings. The van der Waals surface area contributed by atoms with Gasteiger partial charge in [0, 0.05) is 17.4 Å². The van der Waals surface area contributed by atoms with Crippen LogP contribution >= 0.6 is 24.0 Å². The largest absolute Gasteiger partial charge is 0.458 e. The van der Waals surface area contributed by atoms with E-state index in [0.717, 1.165) is 4.32 Å². The average Bonchev–Trinajstić information content (AvgIpc) is 2.46. The second-order valence-corrected chi connectivity index (χ2v) is 4.86. The molecule has 0 bridgehead atoms. The third-order valence-corrected chi connectivity index (χ3v) is 2.88. The van der Waals surface area contributed by atoms with Gasteiger partial charge in [-0.25, -0.2) is 4.79 Å². The van der Waals surface area contributed by atoms with Crippen molar-refractivity contribution in [2.45, 2.75) is 19.9 Å². The summed E-state index contributed by atoms with van der Waals surface area (Å²) < 4.78 is 5.49. The first-order valence-corrected chi connectivity index (χ1v) is 5.78. The van der Waals surface area contributed by atoms with E-state index in [1.165, 1.54) is 11.8 Å². The molecule has 14 heavy (non-hydrogen) atoms. The monoisotopic (exact) mass is 231 g/mol. The summed E-state index contributed by atoms with van der Waals surface area (Å²) in [7, 11) is 0. The third kappa shape index (κ3) is 3.67. The van der Waals surface area contributed by atoms with Crippen molar-refractivity contribution in [2.24, 2.45) is 0 Å². The molecule has 78 valence electrons. The van der Waals surface area contributed by atoms with Gasteiger partial charge < -0.3 is 10.1 Å². The fraction of sp³-hybridized carbons (Fsp3) is 0.556. The zero-order valence-corrected chi connectivity index (χ0v) is 9.83. The second-order valence-electron chi connectivity index (χ2n) is 3.20. The van der Waals surface area contributed by atoms with Crippen LogP contribution in [0.3, 0.4) is 0 Å². The minimum Gasteiger partial charge on any atom is -0.458 e. The summed E-state index contributed by atoms with van der Waals surface area (Å²) in [5.74, 6) is 0.377. The van der Waals surface area contributed by atoms with Crippen LogP contribution in [0.5, 0.6) is 0 Å². The third-order valence-electron chi connectivity index (χ3n) is 1.57. The molecule has 0 unspecified atom stereocenters. The predicted octanol–water partition coefficient (Wildman–Crippen LogP) is 1.49. The lowest BCUT2D eigenvalue weighted by molar-refractivity contribution is -0.135. The van der Waals surface area contributed by atoms with Crippen molar-refractivity contribution in [2.75, 3.05) is 12.4 Å². The molecule has 0 radical (unpaired) electrons. The summed E-state index contributed by atoms with van der Waals surface area (Å²) in [6.45, 7) is 4.45. The van der Waals surface area contributed by atoms with Gasteiger partial charge in [0.2, 0.25) is 0 Å². The Morgan fingerprint density at radius 3 is 3.00 bits per heavy atom. The van der Waals surface area contributed by atoms with Crippen LogP contribution in [0.1, 0.15) is 13.8 Å². The molecule has 0 atom stereocenters. The van der Waals surface area contributed by atoms with E-state index in [4.69, 9.17) is 17.0 Å². The minimum atomic E-state index is -0.218. The number of esters is 1. The minimum absolute atomic E-state index is 0.218. The Kier molecular flexibility index (Phi) is 4.41. The van der Waals surface area contributed by atoms with Crippen LogP contribution in [0, 0.1) is 0 Å². The molecule has 1 N–H and O–H groups in total. The van der Waals surface area contributed by atoms with Crippen LogP contribution < -0.4 is 5.32 Å². The number of thioether (sulfide) groups is 1. The Labute approximate surface area is 93.3 Å². The molecular formula is C9H13NO2S2. The zero-order chi connectivity index (χ0) is 10.6. The van der Waals surface area contributed by atoms with Crippen LogP contribution in [0.4, 0.5) is 0 Å². The number of carbonyl (C=O) groups is 1. The molecule has 1 heterocycles. The van der Waals surface area contributed by atoms with Gasteiger partial charge in [-0.3, -0.25) is 0 Å². The predicted molar refractivity (Wildman–Crippen MR) is 62.4 cm³/mol. The average molecular weight is 231 g/mol. The zero-order valence-electron chi connectivity index (χ0n) is 8.20. The number of hydrogen-bond donors (Lipinski definition) is 1. The molecular weight excluding hydrogens is 218 g/mol. The summed E-state index contributed by atoms with van der Waals surface area (Å²) in [6, 6.07) is 0.333. The first-order chi connectivity index (χ1) is 6.59.